The number of benzene rings is 3. The van der Waals surface area contributed by atoms with Gasteiger partial charge in [0.25, 0.3) is 11.1 Å². The van der Waals surface area contributed by atoms with Crippen molar-refractivity contribution in [1.82, 2.24) is 4.90 Å². The third-order valence-corrected chi connectivity index (χ3v) is 7.89. The van der Waals surface area contributed by atoms with Gasteiger partial charge in [0.15, 0.2) is 11.5 Å². The lowest BCUT2D eigenvalue weighted by Crippen LogP contribution is -2.27. The van der Waals surface area contributed by atoms with Crippen molar-refractivity contribution in [1.29, 1.82) is 0 Å². The Bertz CT molecular complexity index is 1350. The third kappa shape index (κ3) is 6.47. The lowest BCUT2D eigenvalue weighted by atomic mass is 10.1. The number of rotatable bonds is 8. The van der Waals surface area contributed by atoms with Gasteiger partial charge in [0.1, 0.15) is 6.61 Å². The molecule has 1 aliphatic heterocycles. The zero-order chi connectivity index (χ0) is 25.8. The number of nitrogens with zero attached hydrogens (tertiary/aromatic N) is 1. The summed E-state index contributed by atoms with van der Waals surface area (Å²) in [5.41, 5.74) is 2.33. The molecule has 36 heavy (non-hydrogen) atoms. The zero-order valence-corrected chi connectivity index (χ0v) is 24.4. The molecule has 3 aromatic carbocycles. The molecule has 0 spiro atoms. The topological polar surface area (TPSA) is 55.8 Å². The van der Waals surface area contributed by atoms with Crippen LogP contribution in [0.1, 0.15) is 23.6 Å². The molecule has 0 radical (unpaired) electrons. The minimum Gasteiger partial charge on any atom is -0.490 e. The van der Waals surface area contributed by atoms with Gasteiger partial charge in [0.05, 0.1) is 18.1 Å². The van der Waals surface area contributed by atoms with Gasteiger partial charge in [-0.25, -0.2) is 0 Å². The van der Waals surface area contributed by atoms with E-state index in [1.165, 1.54) is 4.90 Å². The molecular weight excluding hydrogens is 653 g/mol. The number of imide groups is 1. The molecule has 0 atom stereocenters. The Balaban J connectivity index is 1.55. The van der Waals surface area contributed by atoms with Crippen LogP contribution in [0.3, 0.4) is 0 Å². The average Bonchev–Trinajstić information content (AvgIpc) is 3.09. The molecule has 2 amide bonds. The zero-order valence-electron chi connectivity index (χ0n) is 18.9. The van der Waals surface area contributed by atoms with Crippen molar-refractivity contribution >= 4 is 84.0 Å². The Labute approximate surface area is 240 Å². The fraction of sp³-hybridized carbons (Fsp3) is 0.154. The van der Waals surface area contributed by atoms with E-state index < -0.39 is 0 Å². The van der Waals surface area contributed by atoms with E-state index in [0.717, 1.165) is 27.4 Å². The Hall–Kier alpha value is -1.97. The standard InChI is InChI=1S/C26H19Br2Cl2NO4S/c1-2-34-22-9-17(20(28)12-23(22)35-14-16-5-8-19(29)11-21(16)30)10-24-25(32)31(26(33)36-24)13-15-3-6-18(27)7-4-15/h3-12H,2,13-14H2,1H3/b24-10-. The fourth-order valence-corrected chi connectivity index (χ4v) is 5.38. The maximum Gasteiger partial charge on any atom is 0.293 e. The summed E-state index contributed by atoms with van der Waals surface area (Å²) < 4.78 is 13.4. The lowest BCUT2D eigenvalue weighted by molar-refractivity contribution is -0.123. The van der Waals surface area contributed by atoms with Gasteiger partial charge in [-0.05, 0) is 72.3 Å². The van der Waals surface area contributed by atoms with Gasteiger partial charge in [-0.2, -0.15) is 0 Å². The minimum absolute atomic E-state index is 0.209. The molecule has 1 saturated heterocycles. The van der Waals surface area contributed by atoms with Crippen LogP contribution < -0.4 is 9.47 Å². The van der Waals surface area contributed by atoms with Crippen LogP contribution in [0.5, 0.6) is 11.5 Å². The number of carbonyl (C=O) groups is 2. The second-order valence-corrected chi connectivity index (χ2v) is 11.3. The Kier molecular flexibility index (Phi) is 9.06. The van der Waals surface area contributed by atoms with Gasteiger partial charge in [0.2, 0.25) is 0 Å². The molecule has 0 unspecified atom stereocenters. The molecule has 1 heterocycles. The van der Waals surface area contributed by atoms with E-state index >= 15 is 0 Å². The van der Waals surface area contributed by atoms with Crippen LogP contribution in [0.25, 0.3) is 6.08 Å². The van der Waals surface area contributed by atoms with Crippen molar-refractivity contribution in [2.45, 2.75) is 20.1 Å². The van der Waals surface area contributed by atoms with Gasteiger partial charge < -0.3 is 9.47 Å². The van der Waals surface area contributed by atoms with Gasteiger partial charge in [-0.3, -0.25) is 14.5 Å². The van der Waals surface area contributed by atoms with Crippen molar-refractivity contribution in [3.8, 4) is 11.5 Å². The number of ether oxygens (including phenoxy) is 2. The van der Waals surface area contributed by atoms with Crippen LogP contribution in [0.2, 0.25) is 10.0 Å². The highest BCUT2D eigenvalue weighted by atomic mass is 79.9. The predicted molar refractivity (Wildman–Crippen MR) is 152 cm³/mol. The van der Waals surface area contributed by atoms with Gasteiger partial charge in [-0.1, -0.05) is 73.3 Å². The van der Waals surface area contributed by atoms with Crippen LogP contribution in [-0.2, 0) is 17.9 Å². The molecule has 3 aromatic rings. The van der Waals surface area contributed by atoms with E-state index in [9.17, 15) is 9.59 Å². The highest BCUT2D eigenvalue weighted by molar-refractivity contribution is 9.10. The highest BCUT2D eigenvalue weighted by Gasteiger charge is 2.35. The molecule has 0 aliphatic carbocycles. The molecule has 1 fully saturated rings. The molecule has 186 valence electrons. The van der Waals surface area contributed by atoms with Crippen molar-refractivity contribution in [3.63, 3.8) is 0 Å². The SMILES string of the molecule is CCOc1cc(/C=C2\SC(=O)N(Cc3ccc(Br)cc3)C2=O)c(Br)cc1OCc1ccc(Cl)cc1Cl. The summed E-state index contributed by atoms with van der Waals surface area (Å²) >= 11 is 20.1. The molecule has 0 aromatic heterocycles. The summed E-state index contributed by atoms with van der Waals surface area (Å²) in [4.78, 5) is 27.2. The first-order valence-electron chi connectivity index (χ1n) is 10.8. The largest absolute Gasteiger partial charge is 0.490 e. The molecule has 4 rings (SSSR count). The van der Waals surface area contributed by atoms with Crippen LogP contribution in [0, 0.1) is 0 Å². The van der Waals surface area contributed by atoms with Crippen LogP contribution in [0.4, 0.5) is 4.79 Å². The normalized spacial score (nSPS) is 14.6. The van der Waals surface area contributed by atoms with E-state index in [0.29, 0.717) is 43.1 Å². The summed E-state index contributed by atoms with van der Waals surface area (Å²) in [6.45, 7) is 2.72. The summed E-state index contributed by atoms with van der Waals surface area (Å²) in [6.07, 6.45) is 1.68. The predicted octanol–water partition coefficient (Wildman–Crippen LogP) is 8.73. The monoisotopic (exact) mass is 669 g/mol. The van der Waals surface area contributed by atoms with Crippen LogP contribution in [-0.4, -0.2) is 22.7 Å². The number of carbonyl (C=O) groups excluding carboxylic acids is 2. The number of amides is 2. The molecule has 0 N–H and O–H groups in total. The molecule has 1 aliphatic rings. The van der Waals surface area contributed by atoms with E-state index in [1.54, 1.807) is 36.4 Å². The molecular formula is C26H19Br2Cl2NO4S. The quantitative estimate of drug-likeness (QED) is 0.224. The maximum atomic E-state index is 13.0. The van der Waals surface area contributed by atoms with Crippen LogP contribution in [0.15, 0.2) is 68.4 Å². The third-order valence-electron chi connectivity index (χ3n) is 5.18. The first kappa shape index (κ1) is 27.1. The van der Waals surface area contributed by atoms with Gasteiger partial charge in [0, 0.05) is 24.6 Å². The number of halogens is 4. The molecule has 5 nitrogen and oxygen atoms in total. The van der Waals surface area contributed by atoms with Crippen molar-refractivity contribution < 1.29 is 19.1 Å². The second kappa shape index (κ2) is 12.0. The van der Waals surface area contributed by atoms with E-state index in [-0.39, 0.29) is 24.3 Å². The smallest absolute Gasteiger partial charge is 0.293 e. The summed E-state index contributed by atoms with van der Waals surface area (Å²) in [5, 5.41) is 0.747. The van der Waals surface area contributed by atoms with Gasteiger partial charge in [-0.15, -0.1) is 0 Å². The Morgan fingerprint density at radius 1 is 0.972 bits per heavy atom. The molecule has 0 bridgehead atoms. The Morgan fingerprint density at radius 3 is 2.39 bits per heavy atom. The average molecular weight is 672 g/mol. The number of hydrogen-bond donors (Lipinski definition) is 0. The van der Waals surface area contributed by atoms with Crippen molar-refractivity contribution in [2.75, 3.05) is 6.61 Å². The lowest BCUT2D eigenvalue weighted by Gasteiger charge is -2.15. The van der Waals surface area contributed by atoms with E-state index in [1.807, 2.05) is 31.2 Å². The highest BCUT2D eigenvalue weighted by Crippen LogP contribution is 2.39. The summed E-state index contributed by atoms with van der Waals surface area (Å²) in [7, 11) is 0. The Morgan fingerprint density at radius 2 is 1.69 bits per heavy atom. The van der Waals surface area contributed by atoms with E-state index in [4.69, 9.17) is 32.7 Å². The first-order chi connectivity index (χ1) is 17.2. The molecule has 10 heteroatoms. The maximum absolute atomic E-state index is 13.0. The minimum atomic E-state index is -0.338. The van der Waals surface area contributed by atoms with Crippen LogP contribution >= 0.6 is 66.8 Å². The fourth-order valence-electron chi connectivity index (χ4n) is 3.39. The first-order valence-corrected chi connectivity index (χ1v) is 13.9. The summed E-state index contributed by atoms with van der Waals surface area (Å²) in [5.74, 6) is 0.678. The summed E-state index contributed by atoms with van der Waals surface area (Å²) in [6, 6.07) is 16.3. The van der Waals surface area contributed by atoms with Gasteiger partial charge >= 0.3 is 0 Å². The van der Waals surface area contributed by atoms with Crippen molar-refractivity contribution in [3.05, 3.63) is 95.2 Å². The van der Waals surface area contributed by atoms with E-state index in [2.05, 4.69) is 31.9 Å². The second-order valence-electron chi connectivity index (χ2n) is 7.67. The van der Waals surface area contributed by atoms with Crippen molar-refractivity contribution in [2.24, 2.45) is 0 Å². The molecule has 0 saturated carbocycles. The number of hydrogen-bond acceptors (Lipinski definition) is 5. The number of thioether (sulfide) groups is 1.